The van der Waals surface area contributed by atoms with Gasteiger partial charge in [0, 0.05) is 17.5 Å². The van der Waals surface area contributed by atoms with Crippen LogP contribution in [-0.4, -0.2) is 23.8 Å². The van der Waals surface area contributed by atoms with Gasteiger partial charge in [-0.25, -0.2) is 4.98 Å². The van der Waals surface area contributed by atoms with E-state index in [1.165, 1.54) is 7.11 Å². The summed E-state index contributed by atoms with van der Waals surface area (Å²) in [6, 6.07) is 3.89. The zero-order chi connectivity index (χ0) is 13.0. The van der Waals surface area contributed by atoms with Crippen LogP contribution in [0.5, 0.6) is 0 Å². The predicted octanol–water partition coefficient (Wildman–Crippen LogP) is 2.24. The van der Waals surface area contributed by atoms with Gasteiger partial charge in [0.05, 0.1) is 13.5 Å². The summed E-state index contributed by atoms with van der Waals surface area (Å²) in [5, 5.41) is 0. The minimum atomic E-state index is -0.103. The third-order valence-electron chi connectivity index (χ3n) is 3.30. The highest BCUT2D eigenvalue weighted by Gasteiger charge is 2.44. The van der Waals surface area contributed by atoms with Gasteiger partial charge in [0.15, 0.2) is 0 Å². The van der Waals surface area contributed by atoms with E-state index in [1.807, 2.05) is 23.9 Å². The van der Waals surface area contributed by atoms with Crippen LogP contribution in [0.1, 0.15) is 24.8 Å². The van der Waals surface area contributed by atoms with Crippen molar-refractivity contribution < 1.29 is 9.53 Å². The molecule has 0 aliphatic heterocycles. The lowest BCUT2D eigenvalue weighted by Gasteiger charge is -2.13. The summed E-state index contributed by atoms with van der Waals surface area (Å²) in [4.78, 5) is 15.4. The number of nitrogen functional groups attached to an aromatic ring is 1. The van der Waals surface area contributed by atoms with Crippen molar-refractivity contribution in [2.45, 2.75) is 25.0 Å². The summed E-state index contributed by atoms with van der Waals surface area (Å²) >= 11 is 1.81. The van der Waals surface area contributed by atoms with Gasteiger partial charge in [-0.2, -0.15) is 11.8 Å². The van der Waals surface area contributed by atoms with Crippen molar-refractivity contribution in [1.29, 1.82) is 0 Å². The third kappa shape index (κ3) is 3.38. The molecule has 0 aromatic carbocycles. The molecule has 0 atom stereocenters. The van der Waals surface area contributed by atoms with E-state index < -0.39 is 0 Å². The minimum Gasteiger partial charge on any atom is -0.469 e. The van der Waals surface area contributed by atoms with Crippen LogP contribution in [0.3, 0.4) is 0 Å². The molecule has 5 heteroatoms. The number of rotatable bonds is 6. The number of thioether (sulfide) groups is 1. The van der Waals surface area contributed by atoms with Gasteiger partial charge < -0.3 is 10.5 Å². The first-order valence-electron chi connectivity index (χ1n) is 5.99. The smallest absolute Gasteiger partial charge is 0.306 e. The second-order valence-electron chi connectivity index (χ2n) is 4.79. The molecule has 0 saturated heterocycles. The van der Waals surface area contributed by atoms with E-state index in [-0.39, 0.29) is 11.4 Å². The van der Waals surface area contributed by atoms with E-state index in [1.54, 1.807) is 6.20 Å². The fourth-order valence-corrected chi connectivity index (χ4v) is 3.27. The Balaban J connectivity index is 1.79. The van der Waals surface area contributed by atoms with E-state index in [4.69, 9.17) is 10.5 Å². The highest BCUT2D eigenvalue weighted by atomic mass is 32.2. The van der Waals surface area contributed by atoms with Crippen LogP contribution < -0.4 is 5.73 Å². The van der Waals surface area contributed by atoms with Gasteiger partial charge in [-0.15, -0.1) is 0 Å². The number of ether oxygens (including phenoxy) is 1. The van der Waals surface area contributed by atoms with Gasteiger partial charge in [-0.1, -0.05) is 6.07 Å². The second-order valence-corrected chi connectivity index (χ2v) is 5.78. The highest BCUT2D eigenvalue weighted by molar-refractivity contribution is 7.98. The number of aromatic nitrogens is 1. The van der Waals surface area contributed by atoms with Crippen LogP contribution in [0.25, 0.3) is 0 Å². The Labute approximate surface area is 111 Å². The summed E-state index contributed by atoms with van der Waals surface area (Å²) in [6.45, 7) is 0. The van der Waals surface area contributed by atoms with Gasteiger partial charge in [-0.3, -0.25) is 4.79 Å². The van der Waals surface area contributed by atoms with E-state index in [9.17, 15) is 4.79 Å². The molecule has 98 valence electrons. The number of anilines is 1. The Morgan fingerprint density at radius 1 is 1.61 bits per heavy atom. The summed E-state index contributed by atoms with van der Waals surface area (Å²) in [7, 11) is 1.45. The maximum absolute atomic E-state index is 11.3. The number of carbonyl (C=O) groups is 1. The average molecular weight is 266 g/mol. The molecule has 18 heavy (non-hydrogen) atoms. The third-order valence-corrected chi connectivity index (χ3v) is 4.63. The molecule has 0 unspecified atom stereocenters. The van der Waals surface area contributed by atoms with Crippen LogP contribution in [0, 0.1) is 5.41 Å². The molecule has 0 bridgehead atoms. The first-order valence-corrected chi connectivity index (χ1v) is 7.15. The maximum atomic E-state index is 11.3. The van der Waals surface area contributed by atoms with Gasteiger partial charge in [0.1, 0.15) is 5.82 Å². The topological polar surface area (TPSA) is 65.2 Å². The molecular weight excluding hydrogens is 248 g/mol. The van der Waals surface area contributed by atoms with E-state index in [0.29, 0.717) is 12.2 Å². The summed E-state index contributed by atoms with van der Waals surface area (Å²) in [6.07, 6.45) is 4.48. The Morgan fingerprint density at radius 3 is 3.00 bits per heavy atom. The molecule has 0 radical (unpaired) electrons. The Kier molecular flexibility index (Phi) is 4.11. The van der Waals surface area contributed by atoms with Crippen molar-refractivity contribution in [1.82, 2.24) is 4.98 Å². The Morgan fingerprint density at radius 2 is 2.39 bits per heavy atom. The monoisotopic (exact) mass is 266 g/mol. The van der Waals surface area contributed by atoms with Crippen LogP contribution >= 0.6 is 11.8 Å². The van der Waals surface area contributed by atoms with Crippen molar-refractivity contribution in [3.63, 3.8) is 0 Å². The van der Waals surface area contributed by atoms with Crippen LogP contribution in [-0.2, 0) is 15.3 Å². The molecule has 2 rings (SSSR count). The first kappa shape index (κ1) is 13.2. The molecule has 0 spiro atoms. The van der Waals surface area contributed by atoms with E-state index in [2.05, 4.69) is 4.98 Å². The molecule has 1 fully saturated rings. The SMILES string of the molecule is COC(=O)CC1(CSCc2cccnc2N)CC1. The normalized spacial score (nSPS) is 16.3. The molecular formula is C13H18N2O2S. The van der Waals surface area contributed by atoms with Crippen LogP contribution in [0.4, 0.5) is 5.82 Å². The molecule has 1 aliphatic carbocycles. The van der Waals surface area contributed by atoms with Crippen molar-refractivity contribution in [2.75, 3.05) is 18.6 Å². The predicted molar refractivity (Wildman–Crippen MR) is 73.1 cm³/mol. The number of methoxy groups -OCH3 is 1. The second kappa shape index (κ2) is 5.61. The lowest BCUT2D eigenvalue weighted by atomic mass is 10.1. The largest absolute Gasteiger partial charge is 0.469 e. The molecule has 4 nitrogen and oxygen atoms in total. The van der Waals surface area contributed by atoms with Crippen molar-refractivity contribution >= 4 is 23.5 Å². The number of nitrogens with zero attached hydrogens (tertiary/aromatic N) is 1. The Bertz CT molecular complexity index is 433. The quantitative estimate of drug-likeness (QED) is 0.800. The van der Waals surface area contributed by atoms with Crippen molar-refractivity contribution in [3.8, 4) is 0 Å². The summed E-state index contributed by atoms with van der Waals surface area (Å²) < 4.78 is 4.73. The first-order chi connectivity index (χ1) is 8.65. The number of hydrogen-bond acceptors (Lipinski definition) is 5. The molecule has 1 aliphatic rings. The molecule has 1 aromatic rings. The molecule has 1 saturated carbocycles. The zero-order valence-electron chi connectivity index (χ0n) is 10.5. The van der Waals surface area contributed by atoms with Crippen molar-refractivity contribution in [2.24, 2.45) is 5.41 Å². The lowest BCUT2D eigenvalue weighted by molar-refractivity contribution is -0.141. The molecule has 2 N–H and O–H groups in total. The molecule has 1 heterocycles. The van der Waals surface area contributed by atoms with Gasteiger partial charge in [0.2, 0.25) is 0 Å². The van der Waals surface area contributed by atoms with Crippen LogP contribution in [0.15, 0.2) is 18.3 Å². The number of pyridine rings is 1. The standard InChI is InChI=1S/C13H18N2O2S/c1-17-11(16)7-13(4-5-13)9-18-8-10-3-2-6-15-12(10)14/h2-3,6H,4-5,7-9H2,1H3,(H2,14,15). The van der Waals surface area contributed by atoms with Gasteiger partial charge in [-0.05, 0) is 30.1 Å². The number of hydrogen-bond donors (Lipinski definition) is 1. The Hall–Kier alpha value is -1.23. The van der Waals surface area contributed by atoms with Gasteiger partial charge in [0.25, 0.3) is 0 Å². The average Bonchev–Trinajstić information content (AvgIpc) is 3.11. The highest BCUT2D eigenvalue weighted by Crippen LogP contribution is 2.51. The minimum absolute atomic E-state index is 0.103. The zero-order valence-corrected chi connectivity index (χ0v) is 11.3. The van der Waals surface area contributed by atoms with Gasteiger partial charge >= 0.3 is 5.97 Å². The summed E-state index contributed by atoms with van der Waals surface area (Å²) in [5.41, 5.74) is 7.03. The number of nitrogens with two attached hydrogens (primary N) is 1. The summed E-state index contributed by atoms with van der Waals surface area (Å²) in [5.74, 6) is 2.33. The number of esters is 1. The fourth-order valence-electron chi connectivity index (χ4n) is 1.88. The van der Waals surface area contributed by atoms with Crippen molar-refractivity contribution in [3.05, 3.63) is 23.9 Å². The fraction of sp³-hybridized carbons (Fsp3) is 0.538. The molecule has 0 amide bonds. The van der Waals surface area contributed by atoms with Crippen LogP contribution in [0.2, 0.25) is 0 Å². The maximum Gasteiger partial charge on any atom is 0.306 e. The van der Waals surface area contributed by atoms with E-state index in [0.717, 1.165) is 29.9 Å². The van der Waals surface area contributed by atoms with E-state index >= 15 is 0 Å². The molecule has 1 aromatic heterocycles. The number of carbonyl (C=O) groups excluding carboxylic acids is 1. The lowest BCUT2D eigenvalue weighted by Crippen LogP contribution is -2.13.